The van der Waals surface area contributed by atoms with E-state index in [0.717, 1.165) is 107 Å². The molecule has 534 valence electrons. The summed E-state index contributed by atoms with van der Waals surface area (Å²) in [6.45, 7) is 9.12. The smallest absolute Gasteiger partial charge is 0.164 e. The average molecular weight is 1340 g/mol. The molecule has 7 aromatic rings. The van der Waals surface area contributed by atoms with Gasteiger partial charge in [-0.3, -0.25) is 15.0 Å². The highest BCUT2D eigenvalue weighted by Crippen LogP contribution is 2.28. The summed E-state index contributed by atoms with van der Waals surface area (Å²) in [7, 11) is 0. The van der Waals surface area contributed by atoms with E-state index in [1.54, 1.807) is 0 Å². The molecule has 99 heavy (non-hydrogen) atoms. The SMILES string of the molecule is CCCCCCCCCCCCCCCCOc1ccc(N=Cc2ccc(-c3nc(-c4ccc(C=Nc5ccc(OCCCCCCCCCCCCCCCC)cc5)cc4)nc(-c4ccc(C=Nc5ccc(OCCCCCCCCCCCCCCCC)cc5)cc4)n3)cc2)cc1. The van der Waals surface area contributed by atoms with E-state index in [9.17, 15) is 0 Å². The molecular formula is C90H126N6O3. The molecule has 0 saturated heterocycles. The maximum atomic E-state index is 6.10. The number of ether oxygens (including phenoxy) is 3. The van der Waals surface area contributed by atoms with Gasteiger partial charge in [0.05, 0.1) is 36.9 Å². The second kappa shape index (κ2) is 51.8. The zero-order chi connectivity index (χ0) is 68.9. The monoisotopic (exact) mass is 1340 g/mol. The highest BCUT2D eigenvalue weighted by Gasteiger charge is 2.14. The quantitative estimate of drug-likeness (QED) is 0.0278. The minimum absolute atomic E-state index is 0.582. The molecule has 0 fully saturated rings. The van der Waals surface area contributed by atoms with Gasteiger partial charge in [0.15, 0.2) is 17.5 Å². The lowest BCUT2D eigenvalue weighted by atomic mass is 10.0. The van der Waals surface area contributed by atoms with Crippen LogP contribution in [-0.4, -0.2) is 53.4 Å². The number of aliphatic imine (C=N–C) groups is 3. The van der Waals surface area contributed by atoms with Crippen molar-refractivity contribution in [2.45, 2.75) is 290 Å². The molecule has 0 aliphatic rings. The Labute approximate surface area is 600 Å². The van der Waals surface area contributed by atoms with Gasteiger partial charge in [-0.15, -0.1) is 0 Å². The number of aromatic nitrogens is 3. The van der Waals surface area contributed by atoms with Gasteiger partial charge in [0, 0.05) is 35.3 Å². The van der Waals surface area contributed by atoms with Gasteiger partial charge in [0.25, 0.3) is 0 Å². The van der Waals surface area contributed by atoms with Gasteiger partial charge in [-0.2, -0.15) is 0 Å². The van der Waals surface area contributed by atoms with E-state index < -0.39 is 0 Å². The Morgan fingerprint density at radius 2 is 0.404 bits per heavy atom. The number of nitrogens with zero attached hydrogens (tertiary/aromatic N) is 6. The molecule has 9 heteroatoms. The van der Waals surface area contributed by atoms with Crippen LogP contribution in [0.4, 0.5) is 17.1 Å². The minimum Gasteiger partial charge on any atom is -0.494 e. The van der Waals surface area contributed by atoms with Gasteiger partial charge in [-0.25, -0.2) is 15.0 Å². The fourth-order valence-electron chi connectivity index (χ4n) is 12.7. The van der Waals surface area contributed by atoms with Gasteiger partial charge in [-0.1, -0.05) is 344 Å². The molecule has 0 spiro atoms. The first-order chi connectivity index (χ1) is 49.0. The number of benzene rings is 6. The summed E-state index contributed by atoms with van der Waals surface area (Å²) >= 11 is 0. The lowest BCUT2D eigenvalue weighted by Gasteiger charge is -2.09. The molecule has 0 amide bonds. The second-order valence-corrected chi connectivity index (χ2v) is 27.8. The van der Waals surface area contributed by atoms with Crippen LogP contribution in [0.1, 0.15) is 307 Å². The minimum atomic E-state index is 0.582. The normalized spacial score (nSPS) is 11.7. The Kier molecular flexibility index (Phi) is 41.4. The molecule has 6 aromatic carbocycles. The van der Waals surface area contributed by atoms with E-state index in [1.807, 2.05) is 91.4 Å². The molecule has 0 unspecified atom stereocenters. The summed E-state index contributed by atoms with van der Waals surface area (Å²) in [6.07, 6.45) is 62.5. The molecule has 0 atom stereocenters. The summed E-state index contributed by atoms with van der Waals surface area (Å²) in [6, 6.07) is 48.9. The van der Waals surface area contributed by atoms with Crippen molar-refractivity contribution < 1.29 is 14.2 Å². The molecule has 1 heterocycles. The summed E-state index contributed by atoms with van der Waals surface area (Å²) in [5.74, 6) is 4.41. The topological polar surface area (TPSA) is 103 Å². The zero-order valence-electron chi connectivity index (χ0n) is 61.8. The van der Waals surface area contributed by atoms with E-state index in [2.05, 4.69) is 93.6 Å². The highest BCUT2D eigenvalue weighted by atomic mass is 16.5. The largest absolute Gasteiger partial charge is 0.494 e. The molecule has 0 saturated carbocycles. The molecule has 0 aliphatic carbocycles. The third-order valence-electron chi connectivity index (χ3n) is 19.0. The van der Waals surface area contributed by atoms with Crippen molar-refractivity contribution in [1.29, 1.82) is 0 Å². The number of unbranched alkanes of at least 4 members (excludes halogenated alkanes) is 39. The lowest BCUT2D eigenvalue weighted by Crippen LogP contribution is -2.00. The number of rotatable bonds is 57. The van der Waals surface area contributed by atoms with E-state index in [4.69, 9.17) is 44.1 Å². The Morgan fingerprint density at radius 1 is 0.222 bits per heavy atom. The first kappa shape index (κ1) is 79.1. The molecule has 0 radical (unpaired) electrons. The zero-order valence-corrected chi connectivity index (χ0v) is 61.8. The molecule has 7 rings (SSSR count). The Morgan fingerprint density at radius 3 is 0.596 bits per heavy atom. The first-order valence-electron chi connectivity index (χ1n) is 39.9. The molecular weight excluding hydrogens is 1210 g/mol. The predicted molar refractivity (Wildman–Crippen MR) is 425 cm³/mol. The van der Waals surface area contributed by atoms with Crippen LogP contribution in [0.5, 0.6) is 17.2 Å². The number of hydrogen-bond donors (Lipinski definition) is 0. The average Bonchev–Trinajstić information content (AvgIpc) is 0.817. The summed E-state index contributed by atoms with van der Waals surface area (Å²) in [4.78, 5) is 29.6. The van der Waals surface area contributed by atoms with Crippen molar-refractivity contribution in [2.24, 2.45) is 15.0 Å². The van der Waals surface area contributed by atoms with E-state index in [0.29, 0.717) is 17.5 Å². The van der Waals surface area contributed by atoms with Crippen LogP contribution < -0.4 is 14.2 Å². The van der Waals surface area contributed by atoms with Gasteiger partial charge in [0.1, 0.15) is 17.2 Å². The van der Waals surface area contributed by atoms with Crippen LogP contribution >= 0.6 is 0 Å². The highest BCUT2D eigenvalue weighted by molar-refractivity contribution is 5.85. The van der Waals surface area contributed by atoms with E-state index in [1.165, 1.54) is 250 Å². The Balaban J connectivity index is 0.890. The maximum absolute atomic E-state index is 6.10. The number of hydrogen-bond acceptors (Lipinski definition) is 9. The van der Waals surface area contributed by atoms with Crippen molar-refractivity contribution in [3.8, 4) is 51.4 Å². The maximum Gasteiger partial charge on any atom is 0.164 e. The van der Waals surface area contributed by atoms with Crippen LogP contribution in [0.3, 0.4) is 0 Å². The van der Waals surface area contributed by atoms with Crippen molar-refractivity contribution in [1.82, 2.24) is 15.0 Å². The standard InChI is InChI=1S/C90H126N6O3/c1-4-7-10-13-16-19-22-25-28-31-34-37-40-43-70-97-85-64-58-82(59-65-85)91-73-76-46-52-79(53-47-76)88-94-89(80-54-48-77(49-55-80)74-92-83-60-66-86(67-61-83)98-71-44-41-38-35-32-29-26-23-20-17-14-11-8-5-2)96-90(95-88)81-56-50-78(51-57-81)75-93-84-62-68-87(69-63-84)99-72-45-42-39-36-33-30-27-24-21-18-15-12-9-6-3/h46-69,73-75H,4-45,70-72H2,1-3H3. The predicted octanol–water partition coefficient (Wildman–Crippen LogP) is 27.7. The molecule has 1 aromatic heterocycles. The van der Waals surface area contributed by atoms with Gasteiger partial charge in [-0.05, 0) is 109 Å². The van der Waals surface area contributed by atoms with E-state index in [-0.39, 0.29) is 0 Å². The molecule has 9 nitrogen and oxygen atoms in total. The Bertz CT molecular complexity index is 2860. The van der Waals surface area contributed by atoms with Crippen LogP contribution in [0, 0.1) is 0 Å². The van der Waals surface area contributed by atoms with Crippen LogP contribution in [0.15, 0.2) is 161 Å². The van der Waals surface area contributed by atoms with Crippen molar-refractivity contribution in [3.05, 3.63) is 162 Å². The third-order valence-corrected chi connectivity index (χ3v) is 19.0. The van der Waals surface area contributed by atoms with Gasteiger partial charge < -0.3 is 14.2 Å². The first-order valence-corrected chi connectivity index (χ1v) is 39.9. The molecule has 0 bridgehead atoms. The van der Waals surface area contributed by atoms with Gasteiger partial charge in [0.2, 0.25) is 0 Å². The van der Waals surface area contributed by atoms with Crippen molar-refractivity contribution in [2.75, 3.05) is 19.8 Å². The van der Waals surface area contributed by atoms with Crippen molar-refractivity contribution >= 4 is 35.7 Å². The van der Waals surface area contributed by atoms with Crippen LogP contribution in [-0.2, 0) is 0 Å². The third kappa shape index (κ3) is 35.1. The van der Waals surface area contributed by atoms with Crippen LogP contribution in [0.25, 0.3) is 34.2 Å². The summed E-state index contributed by atoms with van der Waals surface area (Å²) < 4.78 is 18.3. The van der Waals surface area contributed by atoms with Crippen molar-refractivity contribution in [3.63, 3.8) is 0 Å². The fourth-order valence-corrected chi connectivity index (χ4v) is 12.7. The summed E-state index contributed by atoms with van der Waals surface area (Å²) in [5.41, 5.74) is 8.17. The molecule has 0 N–H and O–H groups in total. The van der Waals surface area contributed by atoms with Crippen LogP contribution in [0.2, 0.25) is 0 Å². The Hall–Kier alpha value is -7.26. The molecule has 0 aliphatic heterocycles. The van der Waals surface area contributed by atoms with E-state index >= 15 is 0 Å². The second-order valence-electron chi connectivity index (χ2n) is 27.8. The fraction of sp³-hybridized carbons (Fsp3) is 0.533. The lowest BCUT2D eigenvalue weighted by molar-refractivity contribution is 0.304. The summed E-state index contributed by atoms with van der Waals surface area (Å²) in [5, 5.41) is 0. The van der Waals surface area contributed by atoms with Gasteiger partial charge >= 0.3 is 0 Å².